The monoisotopic (exact) mass is 403 g/mol. The molecule has 3 aromatic rings. The highest BCUT2D eigenvalue weighted by Crippen LogP contribution is 2.30. The van der Waals surface area contributed by atoms with Gasteiger partial charge in [-0.25, -0.2) is 0 Å². The molecule has 4 heteroatoms. The molecule has 156 valence electrons. The first kappa shape index (κ1) is 21.4. The summed E-state index contributed by atoms with van der Waals surface area (Å²) >= 11 is 0. The standard InChI is InChI=1S/C26H29NO3/c1-6-26(2,3)20-8-13-22(14-9-20)30-23-15-10-21(11-16-23)27-18-19-7-12-24(28-4)17-25(19)29-5/h7-18H,6H2,1-5H3. The van der Waals surface area contributed by atoms with E-state index in [0.29, 0.717) is 5.75 Å². The molecule has 30 heavy (non-hydrogen) atoms. The second-order valence-corrected chi connectivity index (χ2v) is 7.72. The first-order valence-electron chi connectivity index (χ1n) is 10.1. The minimum atomic E-state index is 0.171. The van der Waals surface area contributed by atoms with Gasteiger partial charge in [-0.2, -0.15) is 0 Å². The molecule has 0 aliphatic heterocycles. The molecule has 0 N–H and O–H groups in total. The van der Waals surface area contributed by atoms with E-state index in [1.165, 1.54) is 5.56 Å². The lowest BCUT2D eigenvalue weighted by Crippen LogP contribution is -2.14. The lowest BCUT2D eigenvalue weighted by Gasteiger charge is -2.23. The fourth-order valence-corrected chi connectivity index (χ4v) is 2.98. The highest BCUT2D eigenvalue weighted by molar-refractivity contribution is 5.85. The highest BCUT2D eigenvalue weighted by atomic mass is 16.5. The zero-order chi connectivity index (χ0) is 21.6. The molecule has 0 heterocycles. The molecule has 0 saturated heterocycles. The van der Waals surface area contributed by atoms with Gasteiger partial charge in [0.05, 0.1) is 19.9 Å². The van der Waals surface area contributed by atoms with Crippen LogP contribution in [0.2, 0.25) is 0 Å². The summed E-state index contributed by atoms with van der Waals surface area (Å²) in [6.45, 7) is 6.71. The number of nitrogens with zero attached hydrogens (tertiary/aromatic N) is 1. The maximum Gasteiger partial charge on any atom is 0.131 e. The van der Waals surface area contributed by atoms with Gasteiger partial charge in [0.15, 0.2) is 0 Å². The SMILES string of the molecule is CCC(C)(C)c1ccc(Oc2ccc(N=Cc3ccc(OC)cc3OC)cc2)cc1. The van der Waals surface area contributed by atoms with E-state index < -0.39 is 0 Å². The fourth-order valence-electron chi connectivity index (χ4n) is 2.98. The number of aliphatic imine (C=N–C) groups is 1. The van der Waals surface area contributed by atoms with E-state index in [-0.39, 0.29) is 5.41 Å². The lowest BCUT2D eigenvalue weighted by atomic mass is 9.82. The molecule has 0 aliphatic rings. The first-order valence-corrected chi connectivity index (χ1v) is 10.1. The van der Waals surface area contributed by atoms with Crippen LogP contribution in [0.5, 0.6) is 23.0 Å². The van der Waals surface area contributed by atoms with Gasteiger partial charge >= 0.3 is 0 Å². The lowest BCUT2D eigenvalue weighted by molar-refractivity contribution is 0.394. The van der Waals surface area contributed by atoms with Crippen LogP contribution >= 0.6 is 0 Å². The fraction of sp³-hybridized carbons (Fsp3) is 0.269. The molecule has 0 radical (unpaired) electrons. The van der Waals surface area contributed by atoms with Gasteiger partial charge < -0.3 is 14.2 Å². The summed E-state index contributed by atoms with van der Waals surface area (Å²) in [6.07, 6.45) is 2.87. The molecule has 3 aromatic carbocycles. The Kier molecular flexibility index (Phi) is 6.78. The zero-order valence-corrected chi connectivity index (χ0v) is 18.3. The molecule has 0 spiro atoms. The Morgan fingerprint density at radius 3 is 1.97 bits per heavy atom. The Labute approximate surface area is 179 Å². The molecule has 0 atom stereocenters. The third-order valence-corrected chi connectivity index (χ3v) is 5.39. The summed E-state index contributed by atoms with van der Waals surface area (Å²) in [5, 5.41) is 0. The normalized spacial score (nSPS) is 11.5. The molecule has 0 saturated carbocycles. The molecular weight excluding hydrogens is 374 g/mol. The summed E-state index contributed by atoms with van der Waals surface area (Å²) in [4.78, 5) is 4.54. The molecule has 0 fully saturated rings. The second kappa shape index (κ2) is 9.49. The first-order chi connectivity index (χ1) is 14.4. The van der Waals surface area contributed by atoms with Gasteiger partial charge in [-0.1, -0.05) is 32.9 Å². The maximum atomic E-state index is 5.97. The summed E-state index contributed by atoms with van der Waals surface area (Å²) < 4.78 is 16.6. The van der Waals surface area contributed by atoms with Crippen LogP contribution in [-0.2, 0) is 5.41 Å². The summed E-state index contributed by atoms with van der Waals surface area (Å²) in [5.41, 5.74) is 3.20. The van der Waals surface area contributed by atoms with E-state index >= 15 is 0 Å². The van der Waals surface area contributed by atoms with E-state index in [1.54, 1.807) is 20.4 Å². The van der Waals surface area contributed by atoms with Crippen molar-refractivity contribution in [2.24, 2.45) is 4.99 Å². The quantitative estimate of drug-likeness (QED) is 0.383. The highest BCUT2D eigenvalue weighted by Gasteiger charge is 2.17. The van der Waals surface area contributed by atoms with Crippen LogP contribution < -0.4 is 14.2 Å². The van der Waals surface area contributed by atoms with Crippen molar-refractivity contribution in [3.05, 3.63) is 77.9 Å². The predicted molar refractivity (Wildman–Crippen MR) is 123 cm³/mol. The maximum absolute atomic E-state index is 5.97. The van der Waals surface area contributed by atoms with Crippen LogP contribution in [0.4, 0.5) is 5.69 Å². The average molecular weight is 404 g/mol. The van der Waals surface area contributed by atoms with Crippen LogP contribution in [0.1, 0.15) is 38.3 Å². The minimum absolute atomic E-state index is 0.171. The van der Waals surface area contributed by atoms with Gasteiger partial charge in [-0.3, -0.25) is 4.99 Å². The van der Waals surface area contributed by atoms with Crippen molar-refractivity contribution in [3.8, 4) is 23.0 Å². The Morgan fingerprint density at radius 1 is 0.800 bits per heavy atom. The summed E-state index contributed by atoms with van der Waals surface area (Å²) in [6, 6.07) is 21.7. The largest absolute Gasteiger partial charge is 0.497 e. The van der Waals surface area contributed by atoms with Crippen LogP contribution in [0, 0.1) is 0 Å². The van der Waals surface area contributed by atoms with Gasteiger partial charge in [0.25, 0.3) is 0 Å². The number of hydrogen-bond donors (Lipinski definition) is 0. The van der Waals surface area contributed by atoms with Crippen molar-refractivity contribution >= 4 is 11.9 Å². The van der Waals surface area contributed by atoms with E-state index in [1.807, 2.05) is 54.6 Å². The van der Waals surface area contributed by atoms with E-state index in [9.17, 15) is 0 Å². The third kappa shape index (κ3) is 5.20. The molecule has 4 nitrogen and oxygen atoms in total. The van der Waals surface area contributed by atoms with Crippen molar-refractivity contribution in [2.75, 3.05) is 14.2 Å². The van der Waals surface area contributed by atoms with Crippen molar-refractivity contribution in [2.45, 2.75) is 32.6 Å². The minimum Gasteiger partial charge on any atom is -0.497 e. The van der Waals surface area contributed by atoms with Gasteiger partial charge in [0, 0.05) is 17.8 Å². The predicted octanol–water partition coefficient (Wildman–Crippen LogP) is 6.93. The van der Waals surface area contributed by atoms with Gasteiger partial charge in [0.1, 0.15) is 23.0 Å². The van der Waals surface area contributed by atoms with E-state index in [0.717, 1.165) is 34.9 Å². The molecule has 0 bridgehead atoms. The molecule has 0 unspecified atom stereocenters. The molecule has 3 rings (SSSR count). The molecule has 0 amide bonds. The van der Waals surface area contributed by atoms with Crippen LogP contribution in [0.25, 0.3) is 0 Å². The Balaban J connectivity index is 1.67. The van der Waals surface area contributed by atoms with Crippen molar-refractivity contribution in [1.82, 2.24) is 0 Å². The smallest absolute Gasteiger partial charge is 0.131 e. The average Bonchev–Trinajstić information content (AvgIpc) is 2.79. The zero-order valence-electron chi connectivity index (χ0n) is 18.3. The Hall–Kier alpha value is -3.27. The van der Waals surface area contributed by atoms with Crippen LogP contribution in [0.3, 0.4) is 0 Å². The number of benzene rings is 3. The Bertz CT molecular complexity index is 990. The number of hydrogen-bond acceptors (Lipinski definition) is 4. The molecular formula is C26H29NO3. The van der Waals surface area contributed by atoms with Gasteiger partial charge in [0.2, 0.25) is 0 Å². The summed E-state index contributed by atoms with van der Waals surface area (Å²) in [5.74, 6) is 3.06. The van der Waals surface area contributed by atoms with Gasteiger partial charge in [-0.15, -0.1) is 0 Å². The molecule has 0 aliphatic carbocycles. The van der Waals surface area contributed by atoms with Crippen LogP contribution in [-0.4, -0.2) is 20.4 Å². The Morgan fingerprint density at radius 2 is 1.40 bits per heavy atom. The molecule has 0 aromatic heterocycles. The van der Waals surface area contributed by atoms with Crippen molar-refractivity contribution in [3.63, 3.8) is 0 Å². The third-order valence-electron chi connectivity index (χ3n) is 5.39. The number of ether oxygens (including phenoxy) is 3. The summed E-state index contributed by atoms with van der Waals surface area (Å²) in [7, 11) is 3.26. The van der Waals surface area contributed by atoms with E-state index in [4.69, 9.17) is 14.2 Å². The van der Waals surface area contributed by atoms with Crippen LogP contribution in [0.15, 0.2) is 71.7 Å². The van der Waals surface area contributed by atoms with Crippen molar-refractivity contribution in [1.29, 1.82) is 0 Å². The number of methoxy groups -OCH3 is 2. The van der Waals surface area contributed by atoms with Crippen molar-refractivity contribution < 1.29 is 14.2 Å². The topological polar surface area (TPSA) is 40.0 Å². The van der Waals surface area contributed by atoms with E-state index in [2.05, 4.69) is 37.9 Å². The second-order valence-electron chi connectivity index (χ2n) is 7.72. The van der Waals surface area contributed by atoms with Gasteiger partial charge in [-0.05, 0) is 65.9 Å². The number of rotatable bonds is 8.